The molecule has 0 aromatic carbocycles. The number of carbonyl (C=O) groups excluding carboxylic acids is 1. The van der Waals surface area contributed by atoms with E-state index in [1.54, 1.807) is 7.05 Å². The van der Waals surface area contributed by atoms with Gasteiger partial charge in [-0.25, -0.2) is 0 Å². The maximum absolute atomic E-state index is 10.9. The molecular weight excluding hydrogens is 184 g/mol. The van der Waals surface area contributed by atoms with Gasteiger partial charge < -0.3 is 10.6 Å². The molecule has 13 heavy (non-hydrogen) atoms. The van der Waals surface area contributed by atoms with Crippen molar-refractivity contribution in [1.29, 1.82) is 0 Å². The van der Waals surface area contributed by atoms with Gasteiger partial charge in [0.25, 0.3) is 0 Å². The molecule has 1 amide bonds. The number of likely N-dealkylation sites (N-methyl/N-ethyl adjacent to an activating group) is 1. The van der Waals surface area contributed by atoms with Crippen LogP contribution in [0.3, 0.4) is 0 Å². The zero-order chi connectivity index (χ0) is 9.52. The lowest BCUT2D eigenvalue weighted by Gasteiger charge is -2.21. The zero-order valence-corrected chi connectivity index (χ0v) is 8.95. The third-order valence-corrected chi connectivity index (χ3v) is 3.39. The summed E-state index contributed by atoms with van der Waals surface area (Å²) < 4.78 is 0. The molecule has 0 radical (unpaired) electrons. The van der Waals surface area contributed by atoms with Gasteiger partial charge in [0, 0.05) is 7.05 Å². The largest absolute Gasteiger partial charge is 0.358 e. The first kappa shape index (κ1) is 10.9. The number of hydrogen-bond acceptors (Lipinski definition) is 3. The Hall–Kier alpha value is -0.220. The highest BCUT2D eigenvalue weighted by molar-refractivity contribution is 7.99. The molecule has 1 aliphatic rings. The molecule has 0 atom stereocenters. The van der Waals surface area contributed by atoms with E-state index >= 15 is 0 Å². The van der Waals surface area contributed by atoms with E-state index in [1.165, 1.54) is 24.3 Å². The van der Waals surface area contributed by atoms with E-state index in [-0.39, 0.29) is 5.91 Å². The van der Waals surface area contributed by atoms with Crippen molar-refractivity contribution < 1.29 is 4.79 Å². The molecule has 0 spiro atoms. The predicted octanol–water partition coefficient (Wildman–Crippen LogP) is 0.465. The minimum absolute atomic E-state index is 0.0742. The summed E-state index contributed by atoms with van der Waals surface area (Å²) in [6.45, 7) is 1.45. The van der Waals surface area contributed by atoms with Crippen molar-refractivity contribution in [3.8, 4) is 0 Å². The maximum atomic E-state index is 10.9. The van der Waals surface area contributed by atoms with Gasteiger partial charge in [-0.3, -0.25) is 4.79 Å². The second-order valence-electron chi connectivity index (χ2n) is 3.36. The SMILES string of the molecule is CNC(=O)CNCC1CCSCC1. The van der Waals surface area contributed by atoms with Crippen molar-refractivity contribution in [1.82, 2.24) is 10.6 Å². The molecule has 1 fully saturated rings. The summed E-state index contributed by atoms with van der Waals surface area (Å²) >= 11 is 2.04. The molecular formula is C9H18N2OS. The van der Waals surface area contributed by atoms with E-state index in [0.29, 0.717) is 6.54 Å². The van der Waals surface area contributed by atoms with E-state index in [9.17, 15) is 4.79 Å². The first-order valence-electron chi connectivity index (χ1n) is 4.82. The number of rotatable bonds is 4. The summed E-state index contributed by atoms with van der Waals surface area (Å²) in [6.07, 6.45) is 2.59. The Balaban J connectivity index is 2.01. The zero-order valence-electron chi connectivity index (χ0n) is 8.14. The Morgan fingerprint density at radius 2 is 2.15 bits per heavy atom. The number of nitrogens with one attached hydrogen (secondary N) is 2. The van der Waals surface area contributed by atoms with E-state index < -0.39 is 0 Å². The van der Waals surface area contributed by atoms with Gasteiger partial charge in [-0.2, -0.15) is 11.8 Å². The summed E-state index contributed by atoms with van der Waals surface area (Å²) in [5, 5.41) is 5.78. The molecule has 0 unspecified atom stereocenters. The number of amides is 1. The van der Waals surface area contributed by atoms with Crippen LogP contribution in [0.25, 0.3) is 0 Å². The number of hydrogen-bond donors (Lipinski definition) is 2. The van der Waals surface area contributed by atoms with Gasteiger partial charge in [0.1, 0.15) is 0 Å². The fourth-order valence-corrected chi connectivity index (χ4v) is 2.63. The fourth-order valence-electron chi connectivity index (χ4n) is 1.43. The molecule has 4 heteroatoms. The summed E-state index contributed by atoms with van der Waals surface area (Å²) in [6, 6.07) is 0. The van der Waals surface area contributed by atoms with Gasteiger partial charge in [-0.1, -0.05) is 0 Å². The molecule has 1 rings (SSSR count). The summed E-state index contributed by atoms with van der Waals surface area (Å²) in [5.74, 6) is 3.43. The highest BCUT2D eigenvalue weighted by Crippen LogP contribution is 2.21. The minimum atomic E-state index is 0.0742. The van der Waals surface area contributed by atoms with Crippen LogP contribution in [0.5, 0.6) is 0 Å². The molecule has 1 aliphatic heterocycles. The lowest BCUT2D eigenvalue weighted by atomic mass is 10.0. The van der Waals surface area contributed by atoms with Crippen LogP contribution in [-0.2, 0) is 4.79 Å². The van der Waals surface area contributed by atoms with Gasteiger partial charge in [-0.05, 0) is 36.8 Å². The lowest BCUT2D eigenvalue weighted by Crippen LogP contribution is -2.34. The molecule has 0 aliphatic carbocycles. The van der Waals surface area contributed by atoms with E-state index in [1.807, 2.05) is 11.8 Å². The van der Waals surface area contributed by atoms with Crippen LogP contribution in [0.15, 0.2) is 0 Å². The predicted molar refractivity (Wildman–Crippen MR) is 57.0 cm³/mol. The minimum Gasteiger partial charge on any atom is -0.358 e. The second kappa shape index (κ2) is 6.27. The number of thioether (sulfide) groups is 1. The molecule has 0 aromatic heterocycles. The van der Waals surface area contributed by atoms with Crippen LogP contribution in [0.2, 0.25) is 0 Å². The topological polar surface area (TPSA) is 41.1 Å². The van der Waals surface area contributed by atoms with Crippen molar-refractivity contribution in [3.05, 3.63) is 0 Å². The molecule has 0 aromatic rings. The highest BCUT2D eigenvalue weighted by Gasteiger charge is 2.12. The highest BCUT2D eigenvalue weighted by atomic mass is 32.2. The normalized spacial score (nSPS) is 18.5. The monoisotopic (exact) mass is 202 g/mol. The van der Waals surface area contributed by atoms with Gasteiger partial charge in [0.05, 0.1) is 6.54 Å². The molecule has 0 bridgehead atoms. The van der Waals surface area contributed by atoms with Crippen molar-refractivity contribution in [3.63, 3.8) is 0 Å². The van der Waals surface area contributed by atoms with Crippen LogP contribution < -0.4 is 10.6 Å². The average molecular weight is 202 g/mol. The molecule has 2 N–H and O–H groups in total. The van der Waals surface area contributed by atoms with Crippen LogP contribution >= 0.6 is 11.8 Å². The Bertz CT molecular complexity index is 158. The molecule has 1 heterocycles. The quantitative estimate of drug-likeness (QED) is 0.696. The fraction of sp³-hybridized carbons (Fsp3) is 0.889. The third kappa shape index (κ3) is 4.52. The first-order chi connectivity index (χ1) is 6.33. The third-order valence-electron chi connectivity index (χ3n) is 2.34. The van der Waals surface area contributed by atoms with Gasteiger partial charge in [0.2, 0.25) is 5.91 Å². The van der Waals surface area contributed by atoms with Crippen LogP contribution in [0.4, 0.5) is 0 Å². The standard InChI is InChI=1S/C9H18N2OS/c1-10-9(12)7-11-6-8-2-4-13-5-3-8/h8,11H,2-7H2,1H3,(H,10,12). The van der Waals surface area contributed by atoms with E-state index in [4.69, 9.17) is 0 Å². The Morgan fingerprint density at radius 1 is 1.46 bits per heavy atom. The van der Waals surface area contributed by atoms with Crippen molar-refractivity contribution in [2.75, 3.05) is 31.6 Å². The van der Waals surface area contributed by atoms with Crippen LogP contribution in [-0.4, -0.2) is 37.6 Å². The second-order valence-corrected chi connectivity index (χ2v) is 4.58. The van der Waals surface area contributed by atoms with Crippen molar-refractivity contribution in [2.45, 2.75) is 12.8 Å². The van der Waals surface area contributed by atoms with Gasteiger partial charge in [-0.15, -0.1) is 0 Å². The van der Waals surface area contributed by atoms with Gasteiger partial charge in [0.15, 0.2) is 0 Å². The van der Waals surface area contributed by atoms with Crippen molar-refractivity contribution >= 4 is 17.7 Å². The Kier molecular flexibility index (Phi) is 5.23. The Morgan fingerprint density at radius 3 is 2.77 bits per heavy atom. The smallest absolute Gasteiger partial charge is 0.233 e. The van der Waals surface area contributed by atoms with E-state index in [2.05, 4.69) is 10.6 Å². The van der Waals surface area contributed by atoms with E-state index in [0.717, 1.165) is 12.5 Å². The first-order valence-corrected chi connectivity index (χ1v) is 5.97. The summed E-state index contributed by atoms with van der Waals surface area (Å²) in [5.41, 5.74) is 0. The summed E-state index contributed by atoms with van der Waals surface area (Å²) in [4.78, 5) is 10.9. The average Bonchev–Trinajstić information content (AvgIpc) is 2.19. The van der Waals surface area contributed by atoms with Gasteiger partial charge >= 0.3 is 0 Å². The van der Waals surface area contributed by atoms with Crippen LogP contribution in [0, 0.1) is 5.92 Å². The maximum Gasteiger partial charge on any atom is 0.233 e. The molecule has 3 nitrogen and oxygen atoms in total. The van der Waals surface area contributed by atoms with Crippen LogP contribution in [0.1, 0.15) is 12.8 Å². The summed E-state index contributed by atoms with van der Waals surface area (Å²) in [7, 11) is 1.67. The molecule has 1 saturated heterocycles. The van der Waals surface area contributed by atoms with Crippen molar-refractivity contribution in [2.24, 2.45) is 5.92 Å². The Labute approximate surface area is 84.0 Å². The number of carbonyl (C=O) groups is 1. The molecule has 0 saturated carbocycles. The lowest BCUT2D eigenvalue weighted by molar-refractivity contribution is -0.119. The molecule has 76 valence electrons.